The van der Waals surface area contributed by atoms with E-state index in [-0.39, 0.29) is 0 Å². The lowest BCUT2D eigenvalue weighted by Crippen LogP contribution is -2.30. The van der Waals surface area contributed by atoms with Crippen molar-refractivity contribution in [3.05, 3.63) is 11.9 Å². The standard InChI is InChI=1S/C16H26N4/c1-9(2)16-19-14(17)8-15(20-16)18-10(3)13-7-11-4-5-12(13)6-11/h8-13H,4-7H2,1-3H3,(H3,17,18,19,20). The average Bonchev–Trinajstić information content (AvgIpc) is 3.00. The van der Waals surface area contributed by atoms with E-state index < -0.39 is 0 Å². The molecule has 2 aliphatic rings. The Morgan fingerprint density at radius 2 is 2.00 bits per heavy atom. The molecule has 3 N–H and O–H groups in total. The van der Waals surface area contributed by atoms with Gasteiger partial charge < -0.3 is 11.1 Å². The summed E-state index contributed by atoms with van der Waals surface area (Å²) in [4.78, 5) is 8.91. The lowest BCUT2D eigenvalue weighted by atomic mass is 9.84. The maximum absolute atomic E-state index is 5.90. The van der Waals surface area contributed by atoms with Crippen molar-refractivity contribution < 1.29 is 0 Å². The molecule has 0 aliphatic heterocycles. The van der Waals surface area contributed by atoms with Crippen LogP contribution in [0.1, 0.15) is 58.2 Å². The number of nitrogens with two attached hydrogens (primary N) is 1. The van der Waals surface area contributed by atoms with Crippen molar-refractivity contribution in [2.45, 2.75) is 58.4 Å². The van der Waals surface area contributed by atoms with Gasteiger partial charge in [0.1, 0.15) is 17.5 Å². The maximum Gasteiger partial charge on any atom is 0.135 e. The molecule has 0 radical (unpaired) electrons. The summed E-state index contributed by atoms with van der Waals surface area (Å²) in [5, 5.41) is 3.57. The van der Waals surface area contributed by atoms with Crippen LogP contribution < -0.4 is 11.1 Å². The molecule has 2 saturated carbocycles. The number of nitrogens with one attached hydrogen (secondary N) is 1. The number of anilines is 2. The SMILES string of the molecule is CC(C)c1nc(N)cc(NC(C)C2CC3CCC2C3)n1. The van der Waals surface area contributed by atoms with Crippen molar-refractivity contribution in [2.24, 2.45) is 17.8 Å². The van der Waals surface area contributed by atoms with Gasteiger partial charge in [0.2, 0.25) is 0 Å². The molecular formula is C16H26N4. The average molecular weight is 274 g/mol. The number of hydrogen-bond donors (Lipinski definition) is 2. The molecule has 0 aromatic carbocycles. The molecule has 1 heterocycles. The Morgan fingerprint density at radius 1 is 1.20 bits per heavy atom. The summed E-state index contributed by atoms with van der Waals surface area (Å²) < 4.78 is 0. The van der Waals surface area contributed by atoms with Gasteiger partial charge in [0.15, 0.2) is 0 Å². The maximum atomic E-state index is 5.90. The van der Waals surface area contributed by atoms with E-state index in [1.54, 1.807) is 0 Å². The van der Waals surface area contributed by atoms with Crippen LogP contribution in [0.3, 0.4) is 0 Å². The van der Waals surface area contributed by atoms with Gasteiger partial charge in [-0.2, -0.15) is 0 Å². The van der Waals surface area contributed by atoms with E-state index in [4.69, 9.17) is 5.73 Å². The molecule has 4 atom stereocenters. The van der Waals surface area contributed by atoms with Gasteiger partial charge in [-0.3, -0.25) is 0 Å². The summed E-state index contributed by atoms with van der Waals surface area (Å²) in [6, 6.07) is 2.33. The summed E-state index contributed by atoms with van der Waals surface area (Å²) in [6.07, 6.45) is 5.70. The molecule has 3 rings (SSSR count). The van der Waals surface area contributed by atoms with Crippen molar-refractivity contribution in [3.63, 3.8) is 0 Å². The van der Waals surface area contributed by atoms with Gasteiger partial charge in [0.05, 0.1) is 0 Å². The zero-order chi connectivity index (χ0) is 14.3. The van der Waals surface area contributed by atoms with Crippen LogP contribution in [0.5, 0.6) is 0 Å². The second kappa shape index (κ2) is 5.23. The first-order valence-electron chi connectivity index (χ1n) is 7.94. The fourth-order valence-electron chi connectivity index (χ4n) is 4.06. The van der Waals surface area contributed by atoms with E-state index in [0.29, 0.717) is 17.8 Å². The first-order chi connectivity index (χ1) is 9.52. The van der Waals surface area contributed by atoms with Crippen LogP contribution in [-0.2, 0) is 0 Å². The quantitative estimate of drug-likeness (QED) is 0.883. The summed E-state index contributed by atoms with van der Waals surface area (Å²) >= 11 is 0. The molecular weight excluding hydrogens is 248 g/mol. The van der Waals surface area contributed by atoms with Crippen LogP contribution in [0.25, 0.3) is 0 Å². The van der Waals surface area contributed by atoms with Crippen LogP contribution in [0, 0.1) is 17.8 Å². The summed E-state index contributed by atoms with van der Waals surface area (Å²) in [5.74, 6) is 5.28. The Kier molecular flexibility index (Phi) is 3.57. The van der Waals surface area contributed by atoms with E-state index in [0.717, 1.165) is 29.4 Å². The highest BCUT2D eigenvalue weighted by Gasteiger charge is 2.41. The molecule has 1 aromatic heterocycles. The lowest BCUT2D eigenvalue weighted by Gasteiger charge is -2.29. The van der Waals surface area contributed by atoms with E-state index in [1.807, 2.05) is 6.07 Å². The Hall–Kier alpha value is -1.32. The third kappa shape index (κ3) is 2.60. The van der Waals surface area contributed by atoms with Crippen molar-refractivity contribution in [1.29, 1.82) is 0 Å². The molecule has 2 fully saturated rings. The molecule has 0 spiro atoms. The molecule has 0 saturated heterocycles. The number of nitrogens with zero attached hydrogens (tertiary/aromatic N) is 2. The number of nitrogen functional groups attached to an aromatic ring is 1. The van der Waals surface area contributed by atoms with Gasteiger partial charge in [0.25, 0.3) is 0 Å². The van der Waals surface area contributed by atoms with Crippen LogP contribution in [0.2, 0.25) is 0 Å². The monoisotopic (exact) mass is 274 g/mol. The number of hydrogen-bond acceptors (Lipinski definition) is 4. The predicted molar refractivity (Wildman–Crippen MR) is 82.6 cm³/mol. The highest BCUT2D eigenvalue weighted by molar-refractivity contribution is 5.45. The predicted octanol–water partition coefficient (Wildman–Crippen LogP) is 3.42. The molecule has 4 heteroatoms. The smallest absolute Gasteiger partial charge is 0.135 e. The Bertz CT molecular complexity index is 485. The minimum absolute atomic E-state index is 0.303. The molecule has 0 amide bonds. The Balaban J connectivity index is 1.71. The van der Waals surface area contributed by atoms with Crippen LogP contribution in [0.4, 0.5) is 11.6 Å². The summed E-state index contributed by atoms with van der Waals surface area (Å²) in [6.45, 7) is 6.48. The highest BCUT2D eigenvalue weighted by Crippen LogP contribution is 2.49. The van der Waals surface area contributed by atoms with Crippen LogP contribution in [-0.4, -0.2) is 16.0 Å². The third-order valence-corrected chi connectivity index (χ3v) is 5.09. The molecule has 4 nitrogen and oxygen atoms in total. The number of aromatic nitrogens is 2. The second-order valence-electron chi connectivity index (χ2n) is 6.96. The van der Waals surface area contributed by atoms with Crippen molar-refractivity contribution in [3.8, 4) is 0 Å². The summed E-state index contributed by atoms with van der Waals surface area (Å²) in [5.41, 5.74) is 5.90. The molecule has 2 bridgehead atoms. The van der Waals surface area contributed by atoms with Crippen LogP contribution in [0.15, 0.2) is 6.07 Å². The number of rotatable bonds is 4. The minimum Gasteiger partial charge on any atom is -0.384 e. The fourth-order valence-corrected chi connectivity index (χ4v) is 4.06. The van der Waals surface area contributed by atoms with Gasteiger partial charge in [-0.1, -0.05) is 20.3 Å². The molecule has 1 aromatic rings. The first-order valence-corrected chi connectivity index (χ1v) is 7.94. The highest BCUT2D eigenvalue weighted by atomic mass is 15.1. The van der Waals surface area contributed by atoms with Gasteiger partial charge in [0, 0.05) is 18.0 Å². The van der Waals surface area contributed by atoms with Crippen molar-refractivity contribution >= 4 is 11.6 Å². The topological polar surface area (TPSA) is 63.8 Å². The number of fused-ring (bicyclic) bond motifs is 2. The van der Waals surface area contributed by atoms with Gasteiger partial charge >= 0.3 is 0 Å². The lowest BCUT2D eigenvalue weighted by molar-refractivity contribution is 0.304. The molecule has 2 aliphatic carbocycles. The molecule has 110 valence electrons. The largest absolute Gasteiger partial charge is 0.384 e. The second-order valence-corrected chi connectivity index (χ2v) is 6.96. The van der Waals surface area contributed by atoms with E-state index in [2.05, 4.69) is 36.1 Å². The van der Waals surface area contributed by atoms with Crippen LogP contribution >= 0.6 is 0 Å². The van der Waals surface area contributed by atoms with Crippen molar-refractivity contribution in [1.82, 2.24) is 9.97 Å². The fraction of sp³-hybridized carbons (Fsp3) is 0.750. The van der Waals surface area contributed by atoms with E-state index in [9.17, 15) is 0 Å². The minimum atomic E-state index is 0.303. The van der Waals surface area contributed by atoms with Gasteiger partial charge in [-0.15, -0.1) is 0 Å². The first kappa shape index (κ1) is 13.7. The van der Waals surface area contributed by atoms with E-state index in [1.165, 1.54) is 25.7 Å². The Labute approximate surface area is 121 Å². The molecule has 4 unspecified atom stereocenters. The zero-order valence-corrected chi connectivity index (χ0v) is 12.8. The van der Waals surface area contributed by atoms with E-state index >= 15 is 0 Å². The summed E-state index contributed by atoms with van der Waals surface area (Å²) in [7, 11) is 0. The van der Waals surface area contributed by atoms with Gasteiger partial charge in [-0.25, -0.2) is 9.97 Å². The molecule has 20 heavy (non-hydrogen) atoms. The van der Waals surface area contributed by atoms with Gasteiger partial charge in [-0.05, 0) is 43.9 Å². The Morgan fingerprint density at radius 3 is 2.60 bits per heavy atom. The van der Waals surface area contributed by atoms with Crippen molar-refractivity contribution in [2.75, 3.05) is 11.1 Å². The normalized spacial score (nSPS) is 29.9. The zero-order valence-electron chi connectivity index (χ0n) is 12.8. The third-order valence-electron chi connectivity index (χ3n) is 5.09.